The first-order valence-corrected chi connectivity index (χ1v) is 16.8. The van der Waals surface area contributed by atoms with E-state index in [-0.39, 0.29) is 13.2 Å². The van der Waals surface area contributed by atoms with Crippen molar-refractivity contribution in [2.75, 3.05) is 6.61 Å². The van der Waals surface area contributed by atoms with E-state index in [4.69, 9.17) is 28.4 Å². The second-order valence-electron chi connectivity index (χ2n) is 12.1. The molecule has 0 bridgehead atoms. The molecule has 254 valence electrons. The Kier molecular flexibility index (Phi) is 13.1. The minimum absolute atomic E-state index is 0.200. The molecule has 5 aromatic carbocycles. The fraction of sp³-hybridized carbons (Fsp3) is 0.286. The lowest BCUT2D eigenvalue weighted by Crippen LogP contribution is -2.63. The molecule has 0 amide bonds. The first-order valence-electron chi connectivity index (χ1n) is 16.8. The van der Waals surface area contributed by atoms with Gasteiger partial charge in [-0.2, -0.15) is 0 Å². The summed E-state index contributed by atoms with van der Waals surface area (Å²) in [6.07, 6.45) is -4.93. The molecule has 0 unspecified atom stereocenters. The highest BCUT2D eigenvalue weighted by Crippen LogP contribution is 2.32. The number of rotatable bonds is 17. The Bertz CT molecular complexity index is 1610. The predicted octanol–water partition coefficient (Wildman–Crippen LogP) is 7.26. The molecule has 0 spiro atoms. The maximum Gasteiger partial charge on any atom is 0.184 e. The van der Waals surface area contributed by atoms with Crippen molar-refractivity contribution in [2.45, 2.75) is 69.8 Å². The third-order valence-corrected chi connectivity index (χ3v) is 8.47. The van der Waals surface area contributed by atoms with Gasteiger partial charge in [-0.3, -0.25) is 0 Å². The van der Waals surface area contributed by atoms with E-state index in [2.05, 4.69) is 0 Å². The highest BCUT2D eigenvalue weighted by molar-refractivity contribution is 5.17. The van der Waals surface area contributed by atoms with Crippen molar-refractivity contribution in [3.05, 3.63) is 179 Å². The van der Waals surface area contributed by atoms with Gasteiger partial charge in [0.05, 0.1) is 39.6 Å². The van der Waals surface area contributed by atoms with Crippen LogP contribution in [0.2, 0.25) is 0 Å². The van der Waals surface area contributed by atoms with Crippen molar-refractivity contribution in [1.29, 1.82) is 0 Å². The molecule has 1 heterocycles. The van der Waals surface area contributed by atoms with Gasteiger partial charge < -0.3 is 33.5 Å². The SMILES string of the molecule is O[C@@H]1O[C@H]([C@H](COCc2ccccc2)OCc2ccccc2)[C@@H](OCc2ccccc2)[C@H](OCc2ccccc2)[C@@H]1OCc1ccccc1. The molecular formula is C42H44O7. The lowest BCUT2D eigenvalue weighted by Gasteiger charge is -2.46. The quantitative estimate of drug-likeness (QED) is 0.113. The second-order valence-corrected chi connectivity index (χ2v) is 12.1. The van der Waals surface area contributed by atoms with Crippen LogP contribution >= 0.6 is 0 Å². The summed E-state index contributed by atoms with van der Waals surface area (Å²) < 4.78 is 39.1. The molecule has 1 aliphatic rings. The average Bonchev–Trinajstić information content (AvgIpc) is 3.16. The summed E-state index contributed by atoms with van der Waals surface area (Å²) in [5.74, 6) is 0. The van der Waals surface area contributed by atoms with Gasteiger partial charge in [-0.05, 0) is 27.8 Å². The Balaban J connectivity index is 1.30. The van der Waals surface area contributed by atoms with Gasteiger partial charge >= 0.3 is 0 Å². The van der Waals surface area contributed by atoms with Crippen LogP contribution in [0.4, 0.5) is 0 Å². The Morgan fingerprint density at radius 2 is 0.816 bits per heavy atom. The third-order valence-electron chi connectivity index (χ3n) is 8.47. The highest BCUT2D eigenvalue weighted by Gasteiger charge is 2.51. The summed E-state index contributed by atoms with van der Waals surface area (Å²) in [5, 5.41) is 11.6. The van der Waals surface area contributed by atoms with Crippen molar-refractivity contribution < 1.29 is 33.5 Å². The third kappa shape index (κ3) is 10.4. The largest absolute Gasteiger partial charge is 0.374 e. The van der Waals surface area contributed by atoms with E-state index in [1.807, 2.05) is 152 Å². The summed E-state index contributed by atoms with van der Waals surface area (Å²) in [6, 6.07) is 49.7. The first kappa shape index (κ1) is 34.7. The monoisotopic (exact) mass is 660 g/mol. The van der Waals surface area contributed by atoms with Gasteiger partial charge in [0.1, 0.15) is 30.5 Å². The van der Waals surface area contributed by atoms with E-state index in [9.17, 15) is 5.11 Å². The van der Waals surface area contributed by atoms with Gasteiger partial charge in [0, 0.05) is 0 Å². The molecule has 1 N–H and O–H groups in total. The van der Waals surface area contributed by atoms with Crippen LogP contribution in [-0.4, -0.2) is 48.5 Å². The van der Waals surface area contributed by atoms with Crippen LogP contribution in [0, 0.1) is 0 Å². The van der Waals surface area contributed by atoms with Gasteiger partial charge in [-0.1, -0.05) is 152 Å². The van der Waals surface area contributed by atoms with Gasteiger partial charge in [0.2, 0.25) is 0 Å². The Morgan fingerprint density at radius 1 is 0.449 bits per heavy atom. The van der Waals surface area contributed by atoms with Crippen molar-refractivity contribution in [3.63, 3.8) is 0 Å². The Labute approximate surface area is 289 Å². The van der Waals surface area contributed by atoms with Crippen LogP contribution in [0.25, 0.3) is 0 Å². The Morgan fingerprint density at radius 3 is 1.27 bits per heavy atom. The second kappa shape index (κ2) is 18.5. The number of hydrogen-bond acceptors (Lipinski definition) is 7. The first-order chi connectivity index (χ1) is 24.2. The molecule has 1 aliphatic heterocycles. The van der Waals surface area contributed by atoms with Crippen molar-refractivity contribution >= 4 is 0 Å². The van der Waals surface area contributed by atoms with Gasteiger partial charge in [0.15, 0.2) is 6.29 Å². The zero-order valence-corrected chi connectivity index (χ0v) is 27.5. The smallest absolute Gasteiger partial charge is 0.184 e. The normalized spacial score (nSPS) is 21.3. The van der Waals surface area contributed by atoms with E-state index in [0.29, 0.717) is 26.4 Å². The van der Waals surface area contributed by atoms with Crippen LogP contribution in [-0.2, 0) is 61.5 Å². The summed E-state index contributed by atoms with van der Waals surface area (Å²) in [4.78, 5) is 0. The summed E-state index contributed by atoms with van der Waals surface area (Å²) in [7, 11) is 0. The molecule has 49 heavy (non-hydrogen) atoms. The van der Waals surface area contributed by atoms with E-state index in [1.54, 1.807) is 0 Å². The predicted molar refractivity (Wildman–Crippen MR) is 187 cm³/mol. The minimum atomic E-state index is -1.32. The standard InChI is InChI=1S/C42H44O7/c43-42-41(48-30-36-24-14-5-15-25-36)40(47-29-35-22-12-4-13-23-35)39(46-28-34-20-10-3-11-21-34)38(49-42)37(45-27-33-18-8-2-9-19-33)31-44-26-32-16-6-1-7-17-32/h1-25,37-43H,26-31H2/t37-,38+,39+,40-,41-,42+/m0/s1. The zero-order valence-electron chi connectivity index (χ0n) is 27.5. The maximum absolute atomic E-state index is 11.6. The molecule has 1 saturated heterocycles. The number of ether oxygens (including phenoxy) is 6. The molecule has 1 fully saturated rings. The molecule has 0 saturated carbocycles. The number of aliphatic hydroxyl groups is 1. The van der Waals surface area contributed by atoms with E-state index < -0.39 is 36.8 Å². The summed E-state index contributed by atoms with van der Waals surface area (Å²) in [5.41, 5.74) is 5.02. The van der Waals surface area contributed by atoms with Crippen LogP contribution < -0.4 is 0 Å². The van der Waals surface area contributed by atoms with E-state index >= 15 is 0 Å². The number of benzene rings is 5. The van der Waals surface area contributed by atoms with Crippen LogP contribution in [0.15, 0.2) is 152 Å². The lowest BCUT2D eigenvalue weighted by molar-refractivity contribution is -0.329. The molecule has 7 nitrogen and oxygen atoms in total. The van der Waals surface area contributed by atoms with Gasteiger partial charge in [-0.15, -0.1) is 0 Å². The van der Waals surface area contributed by atoms with Crippen molar-refractivity contribution in [2.24, 2.45) is 0 Å². The molecule has 0 radical (unpaired) electrons. The zero-order chi connectivity index (χ0) is 33.5. The van der Waals surface area contributed by atoms with Crippen molar-refractivity contribution in [3.8, 4) is 0 Å². The molecular weight excluding hydrogens is 616 g/mol. The van der Waals surface area contributed by atoms with Crippen LogP contribution in [0.1, 0.15) is 27.8 Å². The van der Waals surface area contributed by atoms with Crippen LogP contribution in [0.3, 0.4) is 0 Å². The minimum Gasteiger partial charge on any atom is -0.374 e. The van der Waals surface area contributed by atoms with E-state index in [1.165, 1.54) is 0 Å². The van der Waals surface area contributed by atoms with Crippen molar-refractivity contribution in [1.82, 2.24) is 0 Å². The average molecular weight is 661 g/mol. The Hall–Kier alpha value is -4.18. The molecule has 5 aromatic rings. The molecule has 6 rings (SSSR count). The molecule has 0 aliphatic carbocycles. The highest BCUT2D eigenvalue weighted by atomic mass is 16.7. The van der Waals surface area contributed by atoms with Crippen LogP contribution in [0.5, 0.6) is 0 Å². The van der Waals surface area contributed by atoms with E-state index in [0.717, 1.165) is 27.8 Å². The number of aliphatic hydroxyl groups excluding tert-OH is 1. The van der Waals surface area contributed by atoms with Gasteiger partial charge in [0.25, 0.3) is 0 Å². The summed E-state index contributed by atoms with van der Waals surface area (Å²) in [6.45, 7) is 1.78. The topological polar surface area (TPSA) is 75.6 Å². The molecule has 6 atom stereocenters. The fourth-order valence-corrected chi connectivity index (χ4v) is 5.89. The molecule has 0 aromatic heterocycles. The lowest BCUT2D eigenvalue weighted by atomic mass is 9.94. The number of hydrogen-bond donors (Lipinski definition) is 1. The maximum atomic E-state index is 11.6. The summed E-state index contributed by atoms with van der Waals surface area (Å²) >= 11 is 0. The molecule has 7 heteroatoms. The fourth-order valence-electron chi connectivity index (χ4n) is 5.89. The van der Waals surface area contributed by atoms with Gasteiger partial charge in [-0.25, -0.2) is 0 Å².